The number of halogens is 1. The normalized spacial score (nSPS) is 10.9. The molecule has 1 amide bonds. The third-order valence-electron chi connectivity index (χ3n) is 3.43. The molecule has 3 rings (SSSR count). The van der Waals surface area contributed by atoms with Crippen molar-refractivity contribution in [3.63, 3.8) is 0 Å². The fraction of sp³-hybridized carbons (Fsp3) is 0.235. The molecular formula is C17H17BrN4O3S. The van der Waals surface area contributed by atoms with E-state index in [0.29, 0.717) is 29.7 Å². The van der Waals surface area contributed by atoms with Gasteiger partial charge in [-0.25, -0.2) is 0 Å². The lowest BCUT2D eigenvalue weighted by molar-refractivity contribution is -0.117. The zero-order chi connectivity index (χ0) is 18.5. The van der Waals surface area contributed by atoms with Crippen LogP contribution in [0.1, 0.15) is 5.89 Å². The van der Waals surface area contributed by atoms with Crippen LogP contribution >= 0.6 is 27.3 Å². The Morgan fingerprint density at radius 2 is 2.27 bits per heavy atom. The van der Waals surface area contributed by atoms with Crippen LogP contribution in [0.3, 0.4) is 0 Å². The van der Waals surface area contributed by atoms with Crippen molar-refractivity contribution in [3.8, 4) is 16.5 Å². The summed E-state index contributed by atoms with van der Waals surface area (Å²) in [6, 6.07) is 9.15. The second kappa shape index (κ2) is 8.43. The van der Waals surface area contributed by atoms with Gasteiger partial charge >= 0.3 is 0 Å². The van der Waals surface area contributed by atoms with Crippen molar-refractivity contribution in [2.24, 2.45) is 0 Å². The predicted octanol–water partition coefficient (Wildman–Crippen LogP) is 3.64. The lowest BCUT2D eigenvalue weighted by atomic mass is 10.3. The Labute approximate surface area is 163 Å². The quantitative estimate of drug-likeness (QED) is 0.608. The third-order valence-corrected chi connectivity index (χ3v) is 5.12. The fourth-order valence-electron chi connectivity index (χ4n) is 2.28. The van der Waals surface area contributed by atoms with Gasteiger partial charge in [-0.1, -0.05) is 11.2 Å². The molecule has 7 nitrogen and oxygen atoms in total. The number of ether oxygens (including phenoxy) is 1. The number of nitrogens with one attached hydrogen (secondary N) is 1. The molecule has 2 aromatic heterocycles. The van der Waals surface area contributed by atoms with Gasteiger partial charge in [0.15, 0.2) is 0 Å². The summed E-state index contributed by atoms with van der Waals surface area (Å²) in [5.41, 5.74) is 0.686. The van der Waals surface area contributed by atoms with E-state index in [1.54, 1.807) is 18.1 Å². The van der Waals surface area contributed by atoms with Crippen LogP contribution in [0, 0.1) is 0 Å². The van der Waals surface area contributed by atoms with Gasteiger partial charge in [0.2, 0.25) is 17.6 Å². The van der Waals surface area contributed by atoms with Gasteiger partial charge in [0, 0.05) is 21.6 Å². The zero-order valence-corrected chi connectivity index (χ0v) is 16.6. The Kier molecular flexibility index (Phi) is 6.02. The lowest BCUT2D eigenvalue weighted by Gasteiger charge is -2.14. The first-order valence-electron chi connectivity index (χ1n) is 7.73. The summed E-state index contributed by atoms with van der Waals surface area (Å²) in [6.07, 6.45) is 0. The number of carbonyl (C=O) groups is 1. The van der Waals surface area contributed by atoms with E-state index in [0.717, 1.165) is 9.35 Å². The molecule has 1 aromatic carbocycles. The molecule has 9 heteroatoms. The van der Waals surface area contributed by atoms with Crippen LogP contribution in [-0.4, -0.2) is 41.6 Å². The number of aromatic nitrogens is 2. The molecule has 0 aliphatic heterocycles. The minimum Gasteiger partial charge on any atom is -0.497 e. The summed E-state index contributed by atoms with van der Waals surface area (Å²) in [5, 5.41) is 8.78. The highest BCUT2D eigenvalue weighted by molar-refractivity contribution is 9.10. The predicted molar refractivity (Wildman–Crippen MR) is 103 cm³/mol. The van der Waals surface area contributed by atoms with E-state index < -0.39 is 0 Å². The average molecular weight is 437 g/mol. The molecule has 0 aliphatic rings. The maximum absolute atomic E-state index is 12.2. The Balaban J connectivity index is 1.54. The summed E-state index contributed by atoms with van der Waals surface area (Å²) in [4.78, 5) is 19.3. The fourth-order valence-corrected chi connectivity index (χ4v) is 3.63. The molecule has 0 bridgehead atoms. The van der Waals surface area contributed by atoms with Gasteiger partial charge in [-0.15, -0.1) is 11.3 Å². The average Bonchev–Trinajstić information content (AvgIpc) is 3.23. The number of thiophene rings is 1. The summed E-state index contributed by atoms with van der Waals surface area (Å²) < 4.78 is 11.4. The minimum absolute atomic E-state index is 0.136. The summed E-state index contributed by atoms with van der Waals surface area (Å²) in [5.74, 6) is 1.56. The molecule has 1 N–H and O–H groups in total. The number of rotatable bonds is 7. The summed E-state index contributed by atoms with van der Waals surface area (Å²) >= 11 is 4.93. The monoisotopic (exact) mass is 436 g/mol. The number of nitrogens with zero attached hydrogens (tertiary/aromatic N) is 3. The van der Waals surface area contributed by atoms with Crippen molar-refractivity contribution in [1.82, 2.24) is 15.0 Å². The van der Waals surface area contributed by atoms with E-state index in [1.807, 2.05) is 36.7 Å². The molecule has 26 heavy (non-hydrogen) atoms. The van der Waals surface area contributed by atoms with E-state index >= 15 is 0 Å². The third kappa shape index (κ3) is 4.90. The Morgan fingerprint density at radius 3 is 3.00 bits per heavy atom. The minimum atomic E-state index is -0.136. The molecule has 0 spiro atoms. The maximum atomic E-state index is 12.2. The standard InChI is InChI=1S/C17H17BrN4O3S/c1-22(8-15(23)19-12-4-3-5-13(7-12)24-2)9-16-20-17(21-25-16)14-6-11(18)10-26-14/h3-7,10H,8-9H2,1-2H3,(H,19,23). The van der Waals surface area contributed by atoms with Gasteiger partial charge < -0.3 is 14.6 Å². The van der Waals surface area contributed by atoms with E-state index in [1.165, 1.54) is 11.3 Å². The number of amides is 1. The number of anilines is 1. The zero-order valence-electron chi connectivity index (χ0n) is 14.2. The van der Waals surface area contributed by atoms with Crippen LogP contribution in [0.15, 0.2) is 44.7 Å². The van der Waals surface area contributed by atoms with Gasteiger partial charge in [0.25, 0.3) is 0 Å². The second-order valence-electron chi connectivity index (χ2n) is 5.59. The van der Waals surface area contributed by atoms with Crippen molar-refractivity contribution in [3.05, 3.63) is 46.1 Å². The maximum Gasteiger partial charge on any atom is 0.241 e. The van der Waals surface area contributed by atoms with Crippen molar-refractivity contribution >= 4 is 38.9 Å². The number of carbonyl (C=O) groups excluding carboxylic acids is 1. The summed E-state index contributed by atoms with van der Waals surface area (Å²) in [7, 11) is 3.40. The summed E-state index contributed by atoms with van der Waals surface area (Å²) in [6.45, 7) is 0.574. The van der Waals surface area contributed by atoms with E-state index in [2.05, 4.69) is 31.4 Å². The molecule has 0 aliphatic carbocycles. The van der Waals surface area contributed by atoms with Gasteiger partial charge in [0.1, 0.15) is 5.75 Å². The highest BCUT2D eigenvalue weighted by atomic mass is 79.9. The first kappa shape index (κ1) is 18.6. The first-order chi connectivity index (χ1) is 12.5. The Morgan fingerprint density at radius 1 is 1.42 bits per heavy atom. The largest absolute Gasteiger partial charge is 0.497 e. The Hall–Kier alpha value is -2.23. The molecular weight excluding hydrogens is 420 g/mol. The van der Waals surface area contributed by atoms with Crippen LogP contribution in [-0.2, 0) is 11.3 Å². The molecule has 0 atom stereocenters. The van der Waals surface area contributed by atoms with Crippen molar-refractivity contribution in [2.45, 2.75) is 6.54 Å². The van der Waals surface area contributed by atoms with Crippen molar-refractivity contribution in [1.29, 1.82) is 0 Å². The highest BCUT2D eigenvalue weighted by Gasteiger charge is 2.14. The van der Waals surface area contributed by atoms with Gasteiger partial charge in [0.05, 0.1) is 25.1 Å². The molecule has 0 unspecified atom stereocenters. The van der Waals surface area contributed by atoms with Crippen molar-refractivity contribution in [2.75, 3.05) is 26.0 Å². The van der Waals surface area contributed by atoms with Crippen LogP contribution in [0.4, 0.5) is 5.69 Å². The first-order valence-corrected chi connectivity index (χ1v) is 9.40. The van der Waals surface area contributed by atoms with Crippen LogP contribution in [0.2, 0.25) is 0 Å². The molecule has 136 valence electrons. The Bertz CT molecular complexity index is 896. The number of hydrogen-bond donors (Lipinski definition) is 1. The van der Waals surface area contributed by atoms with Crippen LogP contribution in [0.5, 0.6) is 5.75 Å². The van der Waals surface area contributed by atoms with Crippen LogP contribution < -0.4 is 10.1 Å². The molecule has 3 aromatic rings. The molecule has 0 fully saturated rings. The van der Waals surface area contributed by atoms with Crippen LogP contribution in [0.25, 0.3) is 10.7 Å². The molecule has 0 saturated carbocycles. The van der Waals surface area contributed by atoms with Gasteiger partial charge in [-0.3, -0.25) is 9.69 Å². The second-order valence-corrected chi connectivity index (χ2v) is 7.42. The molecule has 0 radical (unpaired) electrons. The number of likely N-dealkylation sites (N-methyl/N-ethyl adjacent to an activating group) is 1. The number of benzene rings is 1. The van der Waals surface area contributed by atoms with E-state index in [9.17, 15) is 4.79 Å². The van der Waals surface area contributed by atoms with E-state index in [4.69, 9.17) is 9.26 Å². The number of methoxy groups -OCH3 is 1. The SMILES string of the molecule is COc1cccc(NC(=O)CN(C)Cc2nc(-c3cc(Br)cs3)no2)c1. The lowest BCUT2D eigenvalue weighted by Crippen LogP contribution is -2.29. The smallest absolute Gasteiger partial charge is 0.241 e. The molecule has 2 heterocycles. The topological polar surface area (TPSA) is 80.5 Å². The highest BCUT2D eigenvalue weighted by Crippen LogP contribution is 2.27. The van der Waals surface area contributed by atoms with Gasteiger partial charge in [-0.05, 0) is 41.2 Å². The number of hydrogen-bond acceptors (Lipinski definition) is 7. The van der Waals surface area contributed by atoms with E-state index in [-0.39, 0.29) is 12.5 Å². The van der Waals surface area contributed by atoms with Crippen molar-refractivity contribution < 1.29 is 14.1 Å². The van der Waals surface area contributed by atoms with Gasteiger partial charge in [-0.2, -0.15) is 4.98 Å². The molecule has 0 saturated heterocycles.